The van der Waals surface area contributed by atoms with Crippen LogP contribution in [-0.2, 0) is 4.74 Å². The highest BCUT2D eigenvalue weighted by Crippen LogP contribution is 2.17. The zero-order valence-electron chi connectivity index (χ0n) is 6.67. The van der Waals surface area contributed by atoms with E-state index in [1.165, 1.54) is 0 Å². The van der Waals surface area contributed by atoms with Gasteiger partial charge in [-0.1, -0.05) is 0 Å². The fraction of sp³-hybridized carbons (Fsp3) is 0.857. The lowest BCUT2D eigenvalue weighted by atomic mass is 9.87. The van der Waals surface area contributed by atoms with Crippen molar-refractivity contribution in [3.05, 3.63) is 0 Å². The van der Waals surface area contributed by atoms with Gasteiger partial charge >= 0.3 is 6.09 Å². The molecule has 0 bridgehead atoms. The van der Waals surface area contributed by atoms with Crippen molar-refractivity contribution in [1.82, 2.24) is 5.32 Å². The molecule has 64 valence electrons. The van der Waals surface area contributed by atoms with E-state index in [1.54, 1.807) is 6.92 Å². The third-order valence-corrected chi connectivity index (χ3v) is 1.91. The van der Waals surface area contributed by atoms with Gasteiger partial charge in [0.1, 0.15) is 0 Å². The van der Waals surface area contributed by atoms with Crippen LogP contribution in [0.4, 0.5) is 4.79 Å². The van der Waals surface area contributed by atoms with Crippen molar-refractivity contribution in [3.63, 3.8) is 0 Å². The average molecular weight is 158 g/mol. The van der Waals surface area contributed by atoms with E-state index in [0.717, 1.165) is 12.8 Å². The summed E-state index contributed by atoms with van der Waals surface area (Å²) in [4.78, 5) is 10.8. The van der Waals surface area contributed by atoms with Gasteiger partial charge in [0, 0.05) is 12.1 Å². The predicted molar refractivity (Wildman–Crippen MR) is 41.2 cm³/mol. The molecule has 0 aliphatic heterocycles. The maximum Gasteiger partial charge on any atom is 0.407 e. The normalized spacial score (nSPS) is 28.9. The molecule has 0 radical (unpaired) electrons. The van der Waals surface area contributed by atoms with Crippen molar-refractivity contribution in [2.75, 3.05) is 6.61 Å². The van der Waals surface area contributed by atoms with Crippen molar-refractivity contribution in [2.45, 2.75) is 31.8 Å². The summed E-state index contributed by atoms with van der Waals surface area (Å²) in [6.07, 6.45) is 1.62. The average Bonchev–Trinajstić information content (AvgIpc) is 1.98. The summed E-state index contributed by atoms with van der Waals surface area (Å²) in [5.41, 5.74) is 5.60. The summed E-state index contributed by atoms with van der Waals surface area (Å²) in [6, 6.07) is 0.258. The molecule has 1 aliphatic rings. The van der Waals surface area contributed by atoms with E-state index in [4.69, 9.17) is 10.5 Å². The molecule has 0 saturated heterocycles. The highest BCUT2D eigenvalue weighted by Gasteiger charge is 2.28. The van der Waals surface area contributed by atoms with Gasteiger partial charge < -0.3 is 15.8 Å². The van der Waals surface area contributed by atoms with Crippen molar-refractivity contribution in [3.8, 4) is 0 Å². The lowest BCUT2D eigenvalue weighted by Gasteiger charge is -2.33. The number of ether oxygens (including phenoxy) is 1. The Balaban J connectivity index is 2.14. The molecule has 3 N–H and O–H groups in total. The van der Waals surface area contributed by atoms with Gasteiger partial charge in [-0.2, -0.15) is 0 Å². The van der Waals surface area contributed by atoms with Gasteiger partial charge in [-0.05, 0) is 19.8 Å². The van der Waals surface area contributed by atoms with Crippen LogP contribution in [0, 0.1) is 0 Å². The van der Waals surface area contributed by atoms with E-state index in [1.807, 2.05) is 0 Å². The molecule has 1 saturated carbocycles. The van der Waals surface area contributed by atoms with Crippen LogP contribution in [0.5, 0.6) is 0 Å². The second-order valence-corrected chi connectivity index (χ2v) is 2.71. The standard InChI is InChI=1S/C7H14N2O2/c1-2-11-7(10)9-6-4-3-5(6)8/h5-6H,2-4,8H2,1H3,(H,9,10). The first-order chi connectivity index (χ1) is 5.24. The Morgan fingerprint density at radius 3 is 2.82 bits per heavy atom. The topological polar surface area (TPSA) is 64.3 Å². The number of amides is 1. The van der Waals surface area contributed by atoms with Crippen LogP contribution < -0.4 is 11.1 Å². The number of carbonyl (C=O) groups excluding carboxylic acids is 1. The summed E-state index contributed by atoms with van der Waals surface area (Å²) in [5, 5.41) is 2.68. The minimum atomic E-state index is -0.354. The predicted octanol–water partition coefficient (Wildman–Crippen LogP) is 0.222. The minimum Gasteiger partial charge on any atom is -0.450 e. The molecule has 0 spiro atoms. The zero-order valence-corrected chi connectivity index (χ0v) is 6.67. The van der Waals surface area contributed by atoms with E-state index in [-0.39, 0.29) is 18.2 Å². The Morgan fingerprint density at radius 2 is 2.45 bits per heavy atom. The van der Waals surface area contributed by atoms with Gasteiger partial charge in [0.05, 0.1) is 6.61 Å². The van der Waals surface area contributed by atoms with Gasteiger partial charge in [0.15, 0.2) is 0 Å². The van der Waals surface area contributed by atoms with Gasteiger partial charge in [-0.15, -0.1) is 0 Å². The van der Waals surface area contributed by atoms with Crippen LogP contribution >= 0.6 is 0 Å². The van der Waals surface area contributed by atoms with E-state index in [0.29, 0.717) is 6.61 Å². The van der Waals surface area contributed by atoms with Crippen molar-refractivity contribution >= 4 is 6.09 Å². The molecule has 2 atom stereocenters. The molecule has 1 aliphatic carbocycles. The first-order valence-electron chi connectivity index (χ1n) is 3.93. The minimum absolute atomic E-state index is 0.124. The highest BCUT2D eigenvalue weighted by molar-refractivity contribution is 5.67. The monoisotopic (exact) mass is 158 g/mol. The molecule has 0 aromatic rings. The van der Waals surface area contributed by atoms with Gasteiger partial charge in [0.25, 0.3) is 0 Å². The van der Waals surface area contributed by atoms with Crippen LogP contribution in [0.3, 0.4) is 0 Å². The van der Waals surface area contributed by atoms with Gasteiger partial charge in [-0.3, -0.25) is 0 Å². The van der Waals surface area contributed by atoms with E-state index < -0.39 is 0 Å². The molecule has 11 heavy (non-hydrogen) atoms. The molecule has 0 heterocycles. The fourth-order valence-corrected chi connectivity index (χ4v) is 1.03. The van der Waals surface area contributed by atoms with Crippen LogP contribution in [-0.4, -0.2) is 24.8 Å². The Morgan fingerprint density at radius 1 is 1.73 bits per heavy atom. The summed E-state index contributed by atoms with van der Waals surface area (Å²) >= 11 is 0. The van der Waals surface area contributed by atoms with Crippen LogP contribution in [0.25, 0.3) is 0 Å². The molecule has 1 rings (SSSR count). The summed E-state index contributed by atoms with van der Waals surface area (Å²) in [6.45, 7) is 2.19. The summed E-state index contributed by atoms with van der Waals surface area (Å²) < 4.78 is 4.69. The van der Waals surface area contributed by atoms with Crippen molar-refractivity contribution in [1.29, 1.82) is 0 Å². The summed E-state index contributed by atoms with van der Waals surface area (Å²) in [5.74, 6) is 0. The molecule has 1 amide bonds. The van der Waals surface area contributed by atoms with Crippen molar-refractivity contribution < 1.29 is 9.53 Å². The van der Waals surface area contributed by atoms with Gasteiger partial charge in [0.2, 0.25) is 0 Å². The van der Waals surface area contributed by atoms with Crippen LogP contribution in [0.15, 0.2) is 0 Å². The summed E-state index contributed by atoms with van der Waals surface area (Å²) in [7, 11) is 0. The molecular weight excluding hydrogens is 144 g/mol. The van der Waals surface area contributed by atoms with Crippen LogP contribution in [0.2, 0.25) is 0 Å². The number of nitrogens with two attached hydrogens (primary N) is 1. The van der Waals surface area contributed by atoms with Crippen LogP contribution in [0.1, 0.15) is 19.8 Å². The largest absolute Gasteiger partial charge is 0.450 e. The molecule has 0 aromatic carbocycles. The number of hydrogen-bond donors (Lipinski definition) is 2. The number of carbonyl (C=O) groups is 1. The van der Waals surface area contributed by atoms with E-state index in [2.05, 4.69) is 5.32 Å². The third kappa shape index (κ3) is 2.08. The Hall–Kier alpha value is -0.770. The van der Waals surface area contributed by atoms with Crippen molar-refractivity contribution in [2.24, 2.45) is 5.73 Å². The number of hydrogen-bond acceptors (Lipinski definition) is 3. The lowest BCUT2D eigenvalue weighted by Crippen LogP contribution is -2.54. The van der Waals surface area contributed by atoms with E-state index in [9.17, 15) is 4.79 Å². The maximum absolute atomic E-state index is 10.8. The lowest BCUT2D eigenvalue weighted by molar-refractivity contribution is 0.138. The SMILES string of the molecule is CCOC(=O)NC1CCC1N. The maximum atomic E-state index is 10.8. The Kier molecular flexibility index (Phi) is 2.70. The Labute approximate surface area is 66.1 Å². The highest BCUT2D eigenvalue weighted by atomic mass is 16.5. The Bertz CT molecular complexity index is 149. The number of rotatable bonds is 2. The second-order valence-electron chi connectivity index (χ2n) is 2.71. The molecule has 1 fully saturated rings. The number of alkyl carbamates (subject to hydrolysis) is 1. The molecule has 4 nitrogen and oxygen atoms in total. The molecule has 2 unspecified atom stereocenters. The molecule has 4 heteroatoms. The fourth-order valence-electron chi connectivity index (χ4n) is 1.03. The smallest absolute Gasteiger partial charge is 0.407 e. The first-order valence-corrected chi connectivity index (χ1v) is 3.93. The van der Waals surface area contributed by atoms with Gasteiger partial charge in [-0.25, -0.2) is 4.79 Å². The third-order valence-electron chi connectivity index (χ3n) is 1.91. The molecular formula is C7H14N2O2. The zero-order chi connectivity index (χ0) is 8.27. The van der Waals surface area contributed by atoms with E-state index >= 15 is 0 Å². The number of nitrogens with one attached hydrogen (secondary N) is 1. The quantitative estimate of drug-likeness (QED) is 0.604. The molecule has 0 aromatic heterocycles. The first kappa shape index (κ1) is 8.33. The second kappa shape index (κ2) is 3.57.